The first-order valence-electron chi connectivity index (χ1n) is 9.74. The lowest BCUT2D eigenvalue weighted by atomic mass is 9.80. The molecule has 4 heteroatoms. The van der Waals surface area contributed by atoms with Crippen LogP contribution in [0.1, 0.15) is 24.3 Å². The van der Waals surface area contributed by atoms with E-state index in [1.54, 1.807) is 0 Å². The first kappa shape index (κ1) is 17.2. The minimum absolute atomic E-state index is 0.564. The molecule has 4 atom stereocenters. The van der Waals surface area contributed by atoms with Gasteiger partial charge < -0.3 is 0 Å². The Morgan fingerprint density at radius 1 is 0.960 bits per heavy atom. The maximum Gasteiger partial charge on any atom is 0.128 e. The van der Waals surface area contributed by atoms with Crippen LogP contribution in [-0.4, -0.2) is 32.8 Å². The summed E-state index contributed by atoms with van der Waals surface area (Å²) in [6.45, 7) is 8.20. The molecule has 25 heavy (non-hydrogen) atoms. The van der Waals surface area contributed by atoms with Crippen molar-refractivity contribution in [1.29, 1.82) is 0 Å². The van der Waals surface area contributed by atoms with Gasteiger partial charge in [0.25, 0.3) is 0 Å². The van der Waals surface area contributed by atoms with Gasteiger partial charge in [-0.3, -0.25) is 15.2 Å². The lowest BCUT2D eigenvalue weighted by Gasteiger charge is -2.45. The van der Waals surface area contributed by atoms with Gasteiger partial charge in [0.2, 0.25) is 0 Å². The molecule has 0 radical (unpaired) electrons. The van der Waals surface area contributed by atoms with Crippen LogP contribution in [0.2, 0.25) is 18.6 Å². The second kappa shape index (κ2) is 7.20. The van der Waals surface area contributed by atoms with Crippen molar-refractivity contribution < 1.29 is 0 Å². The molecular formula is C21H31N3Si. The van der Waals surface area contributed by atoms with Crippen molar-refractivity contribution in [3.63, 3.8) is 0 Å². The third-order valence-corrected chi connectivity index (χ3v) is 11.2. The van der Waals surface area contributed by atoms with Crippen LogP contribution < -0.4 is 10.6 Å². The van der Waals surface area contributed by atoms with E-state index < -0.39 is 8.24 Å². The number of nitrogens with zero attached hydrogens (tertiary/aromatic N) is 1. The minimum atomic E-state index is -1.50. The summed E-state index contributed by atoms with van der Waals surface area (Å²) in [7, 11) is -1.50. The van der Waals surface area contributed by atoms with Gasteiger partial charge in [-0.1, -0.05) is 74.2 Å². The normalized spacial score (nSPS) is 33.2. The van der Waals surface area contributed by atoms with Crippen LogP contribution in [0.5, 0.6) is 0 Å². The van der Waals surface area contributed by atoms with Gasteiger partial charge >= 0.3 is 0 Å². The van der Waals surface area contributed by atoms with E-state index in [0.29, 0.717) is 11.8 Å². The Morgan fingerprint density at radius 3 is 2.44 bits per heavy atom. The van der Waals surface area contributed by atoms with Crippen molar-refractivity contribution in [2.24, 2.45) is 11.8 Å². The average molecular weight is 354 g/mol. The van der Waals surface area contributed by atoms with E-state index in [9.17, 15) is 0 Å². The molecule has 0 amide bonds. The predicted molar refractivity (Wildman–Crippen MR) is 108 cm³/mol. The molecule has 1 saturated heterocycles. The van der Waals surface area contributed by atoms with E-state index in [1.165, 1.54) is 18.4 Å². The molecule has 2 N–H and O–H groups in total. The highest BCUT2D eigenvalue weighted by molar-refractivity contribution is 6.76. The topological polar surface area (TPSA) is 27.3 Å². The van der Waals surface area contributed by atoms with Crippen molar-refractivity contribution in [3.05, 3.63) is 60.2 Å². The molecule has 4 rings (SSSR count). The summed E-state index contributed by atoms with van der Waals surface area (Å²) in [6, 6.07) is 11.1. The molecule has 1 aromatic carbocycles. The smallest absolute Gasteiger partial charge is 0.128 e. The van der Waals surface area contributed by atoms with Crippen LogP contribution in [0.3, 0.4) is 0 Å². The Hall–Kier alpha value is -1.20. The summed E-state index contributed by atoms with van der Waals surface area (Å²) in [5.41, 5.74) is 2.32. The molecule has 0 bridgehead atoms. The lowest BCUT2D eigenvalue weighted by Crippen LogP contribution is -2.63. The number of fused-ring (bicyclic) bond motifs is 1. The molecule has 2 aliphatic carbocycles. The van der Waals surface area contributed by atoms with Crippen LogP contribution in [0.25, 0.3) is 0 Å². The quantitative estimate of drug-likeness (QED) is 0.808. The number of benzene rings is 1. The monoisotopic (exact) mass is 353 g/mol. The summed E-state index contributed by atoms with van der Waals surface area (Å²) < 4.78 is 2.72. The Balaban J connectivity index is 1.59. The fourth-order valence-electron chi connectivity index (χ4n) is 5.30. The van der Waals surface area contributed by atoms with Crippen LogP contribution in [0, 0.1) is 11.8 Å². The van der Waals surface area contributed by atoms with Gasteiger partial charge in [-0.05, 0) is 29.4 Å². The van der Waals surface area contributed by atoms with Gasteiger partial charge in [-0.2, -0.15) is 0 Å². The largest absolute Gasteiger partial charge is 0.299 e. The van der Waals surface area contributed by atoms with E-state index >= 15 is 0 Å². The van der Waals surface area contributed by atoms with E-state index in [4.69, 9.17) is 0 Å². The van der Waals surface area contributed by atoms with Gasteiger partial charge in [-0.25, -0.2) is 0 Å². The van der Waals surface area contributed by atoms with Gasteiger partial charge in [0.1, 0.15) is 8.24 Å². The minimum Gasteiger partial charge on any atom is -0.299 e. The Labute approximate surface area is 153 Å². The third kappa shape index (κ3) is 3.28. The van der Waals surface area contributed by atoms with Gasteiger partial charge in [0.15, 0.2) is 0 Å². The van der Waals surface area contributed by atoms with E-state index in [0.717, 1.165) is 31.5 Å². The Kier molecular flexibility index (Phi) is 4.96. The highest BCUT2D eigenvalue weighted by Gasteiger charge is 2.49. The zero-order valence-electron chi connectivity index (χ0n) is 15.5. The van der Waals surface area contributed by atoms with Crippen molar-refractivity contribution in [2.45, 2.75) is 37.4 Å². The average Bonchev–Trinajstić information content (AvgIpc) is 2.97. The summed E-state index contributed by atoms with van der Waals surface area (Å²) in [4.78, 5) is 0. The second-order valence-corrected chi connectivity index (χ2v) is 13.0. The molecule has 2 fully saturated rings. The first-order chi connectivity index (χ1) is 12.2. The molecule has 1 aromatic rings. The Morgan fingerprint density at radius 2 is 1.68 bits per heavy atom. The van der Waals surface area contributed by atoms with Crippen LogP contribution >= 0.6 is 0 Å². The fourth-order valence-corrected chi connectivity index (χ4v) is 8.98. The molecule has 1 aliphatic heterocycles. The Bertz CT molecular complexity index is 634. The fraction of sp³-hybridized carbons (Fsp3) is 0.524. The van der Waals surface area contributed by atoms with E-state index in [2.05, 4.69) is 82.9 Å². The highest BCUT2D eigenvalue weighted by Crippen LogP contribution is 2.54. The predicted octanol–water partition coefficient (Wildman–Crippen LogP) is 3.87. The van der Waals surface area contributed by atoms with Gasteiger partial charge in [-0.15, -0.1) is 0 Å². The number of nitrogens with one attached hydrogen (secondary N) is 2. The zero-order valence-corrected chi connectivity index (χ0v) is 16.5. The van der Waals surface area contributed by atoms with Crippen molar-refractivity contribution in [1.82, 2.24) is 15.2 Å². The molecule has 1 heterocycles. The summed E-state index contributed by atoms with van der Waals surface area (Å²) in [5.74, 6) is 2.03. The molecule has 0 aromatic heterocycles. The van der Waals surface area contributed by atoms with Crippen LogP contribution in [0.15, 0.2) is 54.6 Å². The lowest BCUT2D eigenvalue weighted by molar-refractivity contribution is 0.282. The maximum atomic E-state index is 3.50. The summed E-state index contributed by atoms with van der Waals surface area (Å²) >= 11 is 0. The SMILES string of the molecule is C[Si](C)(C1CCC2C(c3ccccc3)C=CC=CC21)N1CNCNC1. The molecule has 134 valence electrons. The number of hydrogen-bond acceptors (Lipinski definition) is 3. The molecule has 0 spiro atoms. The van der Waals surface area contributed by atoms with Crippen molar-refractivity contribution in [3.8, 4) is 0 Å². The zero-order chi connectivity index (χ0) is 17.3. The maximum absolute atomic E-state index is 3.50. The first-order valence-corrected chi connectivity index (χ1v) is 12.8. The number of hydrogen-bond donors (Lipinski definition) is 2. The molecule has 1 saturated carbocycles. The molecule has 3 nitrogen and oxygen atoms in total. The number of allylic oxidation sites excluding steroid dienone is 4. The standard InChI is InChI=1S/C21H31N3Si/c1-25(2,24-15-22-14-23-16-24)21-13-12-19-18(10-6-7-11-20(19)21)17-8-4-3-5-9-17/h3-11,18-23H,12-16H2,1-2H3. The third-order valence-electron chi connectivity index (χ3n) is 6.76. The van der Waals surface area contributed by atoms with Gasteiger partial charge in [0, 0.05) is 25.9 Å². The highest BCUT2D eigenvalue weighted by atomic mass is 28.3. The summed E-state index contributed by atoms with van der Waals surface area (Å²) in [5, 5.41) is 7.01. The van der Waals surface area contributed by atoms with E-state index in [-0.39, 0.29) is 0 Å². The van der Waals surface area contributed by atoms with Gasteiger partial charge in [0.05, 0.1) is 0 Å². The second-order valence-electron chi connectivity index (χ2n) is 8.32. The van der Waals surface area contributed by atoms with Crippen molar-refractivity contribution >= 4 is 8.24 Å². The summed E-state index contributed by atoms with van der Waals surface area (Å²) in [6.07, 6.45) is 12.3. The molecule has 3 aliphatic rings. The molecular weight excluding hydrogens is 322 g/mol. The van der Waals surface area contributed by atoms with E-state index in [1.807, 2.05) is 0 Å². The molecule has 4 unspecified atom stereocenters. The number of rotatable bonds is 3. The van der Waals surface area contributed by atoms with Crippen LogP contribution in [-0.2, 0) is 0 Å². The van der Waals surface area contributed by atoms with Crippen LogP contribution in [0.4, 0.5) is 0 Å². The van der Waals surface area contributed by atoms with Crippen molar-refractivity contribution in [2.75, 3.05) is 20.0 Å².